The van der Waals surface area contributed by atoms with Crippen LogP contribution in [-0.4, -0.2) is 23.4 Å². The molecular weight excluding hydrogens is 375 g/mol. The van der Waals surface area contributed by atoms with E-state index >= 15 is 0 Å². The molecule has 0 aliphatic carbocycles. The van der Waals surface area contributed by atoms with Gasteiger partial charge in [-0.3, -0.25) is 14.9 Å². The zero-order valence-corrected chi connectivity index (χ0v) is 15.7. The molecule has 27 heavy (non-hydrogen) atoms. The molecule has 0 bridgehead atoms. The fraction of sp³-hybridized carbons (Fsp3) is 0.333. The van der Waals surface area contributed by atoms with Crippen LogP contribution in [0.2, 0.25) is 0 Å². The summed E-state index contributed by atoms with van der Waals surface area (Å²) in [4.78, 5) is 35.6. The number of thiophene rings is 1. The smallest absolute Gasteiger partial charge is 0.348 e. The molecule has 1 amide bonds. The fourth-order valence-electron chi connectivity index (χ4n) is 2.42. The molecule has 7 nitrogen and oxygen atoms in total. The fourth-order valence-corrected chi connectivity index (χ4v) is 3.67. The summed E-state index contributed by atoms with van der Waals surface area (Å²) in [6.07, 6.45) is 2.62. The second kappa shape index (κ2) is 9.22. The zero-order chi connectivity index (χ0) is 20.0. The van der Waals surface area contributed by atoms with Crippen molar-refractivity contribution >= 4 is 34.6 Å². The van der Waals surface area contributed by atoms with Crippen LogP contribution in [-0.2, 0) is 22.4 Å². The normalized spacial score (nSPS) is 10.5. The molecule has 1 aromatic heterocycles. The van der Waals surface area contributed by atoms with E-state index in [1.54, 1.807) is 6.07 Å². The number of nitro groups is 1. The first-order chi connectivity index (χ1) is 12.8. The van der Waals surface area contributed by atoms with Crippen molar-refractivity contribution in [2.75, 3.05) is 11.9 Å². The maximum Gasteiger partial charge on any atom is 0.348 e. The van der Waals surface area contributed by atoms with Gasteiger partial charge >= 0.3 is 5.97 Å². The van der Waals surface area contributed by atoms with Crippen LogP contribution in [0.5, 0.6) is 0 Å². The van der Waals surface area contributed by atoms with Gasteiger partial charge in [0.2, 0.25) is 0 Å². The van der Waals surface area contributed by atoms with E-state index < -0.39 is 29.2 Å². The maximum absolute atomic E-state index is 13.7. The summed E-state index contributed by atoms with van der Waals surface area (Å²) in [6.45, 7) is 3.43. The number of aryl methyl sites for hydroxylation is 2. The van der Waals surface area contributed by atoms with E-state index in [1.165, 1.54) is 11.3 Å². The number of hydrogen-bond acceptors (Lipinski definition) is 6. The third-order valence-corrected chi connectivity index (χ3v) is 4.94. The molecule has 1 N–H and O–H groups in total. The Labute approximate surface area is 159 Å². The second-order valence-electron chi connectivity index (χ2n) is 5.71. The van der Waals surface area contributed by atoms with Gasteiger partial charge in [-0.2, -0.15) is 0 Å². The number of rotatable bonds is 8. The van der Waals surface area contributed by atoms with Crippen molar-refractivity contribution in [3.8, 4) is 0 Å². The summed E-state index contributed by atoms with van der Waals surface area (Å²) < 4.78 is 18.6. The maximum atomic E-state index is 13.7. The number of esters is 1. The number of non-ortho nitro benzene ring substituents is 1. The van der Waals surface area contributed by atoms with E-state index in [2.05, 4.69) is 12.2 Å². The SMILES string of the molecule is CCCc1sc(C(=O)OCC(=O)Nc2cc([N+](=O)[O-])ccc2F)cc1CC. The minimum Gasteiger partial charge on any atom is -0.451 e. The molecule has 1 aromatic carbocycles. The van der Waals surface area contributed by atoms with E-state index in [4.69, 9.17) is 4.74 Å². The number of carbonyl (C=O) groups excluding carboxylic acids is 2. The highest BCUT2D eigenvalue weighted by Gasteiger charge is 2.17. The van der Waals surface area contributed by atoms with Crippen molar-refractivity contribution in [1.82, 2.24) is 0 Å². The number of nitro benzene ring substituents is 1. The van der Waals surface area contributed by atoms with Gasteiger partial charge in [-0.25, -0.2) is 9.18 Å². The summed E-state index contributed by atoms with van der Waals surface area (Å²) in [5.74, 6) is -2.24. The zero-order valence-electron chi connectivity index (χ0n) is 14.9. The van der Waals surface area contributed by atoms with Crippen molar-refractivity contribution < 1.29 is 23.6 Å². The molecule has 0 spiro atoms. The number of anilines is 1. The summed E-state index contributed by atoms with van der Waals surface area (Å²) in [5.41, 5.74) is 0.370. The molecular formula is C18H19FN2O5S. The number of carbonyl (C=O) groups is 2. The lowest BCUT2D eigenvalue weighted by Crippen LogP contribution is -2.21. The number of hydrogen-bond donors (Lipinski definition) is 1. The van der Waals surface area contributed by atoms with Crippen LogP contribution in [0.3, 0.4) is 0 Å². The Hall–Kier alpha value is -2.81. The van der Waals surface area contributed by atoms with Crippen LogP contribution in [0, 0.1) is 15.9 Å². The predicted molar refractivity (Wildman–Crippen MR) is 99.7 cm³/mol. The van der Waals surface area contributed by atoms with Gasteiger partial charge in [0.15, 0.2) is 6.61 Å². The molecule has 2 aromatic rings. The van der Waals surface area contributed by atoms with Crippen molar-refractivity contribution in [3.05, 3.63) is 55.5 Å². The van der Waals surface area contributed by atoms with E-state index in [9.17, 15) is 24.1 Å². The van der Waals surface area contributed by atoms with Crippen LogP contribution < -0.4 is 5.32 Å². The van der Waals surface area contributed by atoms with E-state index in [0.717, 1.165) is 47.9 Å². The highest BCUT2D eigenvalue weighted by molar-refractivity contribution is 7.14. The first-order valence-corrected chi connectivity index (χ1v) is 9.19. The number of nitrogens with one attached hydrogen (secondary N) is 1. The minimum absolute atomic E-state index is 0.347. The Morgan fingerprint density at radius 2 is 2.04 bits per heavy atom. The average molecular weight is 394 g/mol. The molecule has 0 saturated carbocycles. The number of benzene rings is 1. The molecule has 1 heterocycles. The van der Waals surface area contributed by atoms with Gasteiger partial charge in [-0.15, -0.1) is 11.3 Å². The van der Waals surface area contributed by atoms with E-state index in [0.29, 0.717) is 4.88 Å². The van der Waals surface area contributed by atoms with Crippen molar-refractivity contribution in [1.29, 1.82) is 0 Å². The molecule has 0 saturated heterocycles. The van der Waals surface area contributed by atoms with Crippen molar-refractivity contribution in [3.63, 3.8) is 0 Å². The van der Waals surface area contributed by atoms with Crippen LogP contribution >= 0.6 is 11.3 Å². The molecule has 0 unspecified atom stereocenters. The summed E-state index contributed by atoms with van der Waals surface area (Å²) in [5, 5.41) is 12.9. The summed E-state index contributed by atoms with van der Waals surface area (Å²) in [6, 6.07) is 4.53. The Morgan fingerprint density at radius 3 is 2.67 bits per heavy atom. The van der Waals surface area contributed by atoms with E-state index in [1.807, 2.05) is 6.92 Å². The van der Waals surface area contributed by atoms with Gasteiger partial charge in [0.1, 0.15) is 10.7 Å². The van der Waals surface area contributed by atoms with Crippen LogP contribution in [0.1, 0.15) is 40.4 Å². The quantitative estimate of drug-likeness (QED) is 0.413. The average Bonchev–Trinajstić information content (AvgIpc) is 3.04. The molecule has 0 aliphatic rings. The Kier molecular flexibility index (Phi) is 7.00. The number of ether oxygens (including phenoxy) is 1. The van der Waals surface area contributed by atoms with E-state index in [-0.39, 0.29) is 11.4 Å². The Balaban J connectivity index is 1.98. The van der Waals surface area contributed by atoms with Gasteiger partial charge in [-0.1, -0.05) is 20.3 Å². The lowest BCUT2D eigenvalue weighted by molar-refractivity contribution is -0.384. The number of nitrogens with zero attached hydrogens (tertiary/aromatic N) is 1. The minimum atomic E-state index is -0.824. The predicted octanol–water partition coefficient (Wildman–Crippen LogP) is 4.11. The number of amides is 1. The Bertz CT molecular complexity index is 865. The van der Waals surface area contributed by atoms with Crippen LogP contribution in [0.4, 0.5) is 15.8 Å². The lowest BCUT2D eigenvalue weighted by Gasteiger charge is -2.07. The largest absolute Gasteiger partial charge is 0.451 e. The summed E-state index contributed by atoms with van der Waals surface area (Å²) in [7, 11) is 0. The molecule has 0 fully saturated rings. The lowest BCUT2D eigenvalue weighted by atomic mass is 10.1. The summed E-state index contributed by atoms with van der Waals surface area (Å²) >= 11 is 1.34. The van der Waals surface area contributed by atoms with Crippen molar-refractivity contribution in [2.45, 2.75) is 33.1 Å². The van der Waals surface area contributed by atoms with Crippen molar-refractivity contribution in [2.24, 2.45) is 0 Å². The third-order valence-electron chi connectivity index (χ3n) is 3.72. The van der Waals surface area contributed by atoms with Gasteiger partial charge in [0, 0.05) is 17.0 Å². The van der Waals surface area contributed by atoms with Gasteiger partial charge < -0.3 is 10.1 Å². The second-order valence-corrected chi connectivity index (χ2v) is 6.84. The molecule has 0 atom stereocenters. The standard InChI is InChI=1S/C18H19FN2O5S/c1-3-5-15-11(4-2)8-16(27-15)18(23)26-10-17(22)20-14-9-12(21(24)25)6-7-13(14)19/h6-9H,3-5,10H2,1-2H3,(H,20,22). The van der Waals surface area contributed by atoms with Gasteiger partial charge in [0.05, 0.1) is 10.6 Å². The molecule has 0 radical (unpaired) electrons. The number of halogens is 1. The first-order valence-electron chi connectivity index (χ1n) is 8.38. The van der Waals surface area contributed by atoms with Gasteiger partial charge in [0.25, 0.3) is 11.6 Å². The molecule has 9 heteroatoms. The van der Waals surface area contributed by atoms with Crippen LogP contribution in [0.15, 0.2) is 24.3 Å². The highest BCUT2D eigenvalue weighted by Crippen LogP contribution is 2.25. The highest BCUT2D eigenvalue weighted by atomic mass is 32.1. The van der Waals surface area contributed by atoms with Gasteiger partial charge in [-0.05, 0) is 30.5 Å². The molecule has 0 aliphatic heterocycles. The molecule has 2 rings (SSSR count). The third kappa shape index (κ3) is 5.33. The molecule has 144 valence electrons. The van der Waals surface area contributed by atoms with Crippen LogP contribution in [0.25, 0.3) is 0 Å². The first kappa shape index (κ1) is 20.5. The topological polar surface area (TPSA) is 98.5 Å². The Morgan fingerprint density at radius 1 is 1.30 bits per heavy atom. The monoisotopic (exact) mass is 394 g/mol.